The van der Waals surface area contributed by atoms with Gasteiger partial charge < -0.3 is 4.74 Å². The first-order valence-corrected chi connectivity index (χ1v) is 8.38. The minimum Gasteiger partial charge on any atom is -0.465 e. The fourth-order valence-electron chi connectivity index (χ4n) is 2.41. The number of carbonyl (C=O) groups is 1. The van der Waals surface area contributed by atoms with Crippen molar-refractivity contribution in [1.82, 2.24) is 9.97 Å². The van der Waals surface area contributed by atoms with Crippen LogP contribution in [0.3, 0.4) is 0 Å². The molecule has 0 fully saturated rings. The van der Waals surface area contributed by atoms with Gasteiger partial charge in [-0.3, -0.25) is 9.97 Å². The first-order chi connectivity index (χ1) is 11.2. The van der Waals surface area contributed by atoms with Gasteiger partial charge >= 0.3 is 5.97 Å². The Balaban J connectivity index is 1.90. The summed E-state index contributed by atoms with van der Waals surface area (Å²) >= 11 is 1.71. The Hall–Kier alpha value is -2.40. The Kier molecular flexibility index (Phi) is 4.57. The number of esters is 1. The van der Waals surface area contributed by atoms with Crippen LogP contribution in [0.5, 0.6) is 0 Å². The highest BCUT2D eigenvalue weighted by molar-refractivity contribution is 7.98. The van der Waals surface area contributed by atoms with E-state index in [0.29, 0.717) is 12.0 Å². The van der Waals surface area contributed by atoms with Gasteiger partial charge in [-0.25, -0.2) is 4.79 Å². The molecule has 3 rings (SSSR count). The highest BCUT2D eigenvalue weighted by Gasteiger charge is 2.08. The van der Waals surface area contributed by atoms with Gasteiger partial charge in [0.25, 0.3) is 0 Å². The molecule has 0 N–H and O–H groups in total. The van der Waals surface area contributed by atoms with Gasteiger partial charge in [0, 0.05) is 34.8 Å². The van der Waals surface area contributed by atoms with E-state index in [4.69, 9.17) is 4.74 Å². The molecule has 2 aromatic heterocycles. The van der Waals surface area contributed by atoms with Crippen molar-refractivity contribution >= 4 is 28.6 Å². The van der Waals surface area contributed by atoms with Crippen LogP contribution in [0.15, 0.2) is 53.7 Å². The number of fused-ring (bicyclic) bond motifs is 1. The maximum atomic E-state index is 11.6. The summed E-state index contributed by atoms with van der Waals surface area (Å²) in [6, 6.07) is 11.8. The number of aromatic nitrogens is 2. The number of hydrogen-bond donors (Lipinski definition) is 0. The average molecular weight is 324 g/mol. The minimum atomic E-state index is -0.352. The van der Waals surface area contributed by atoms with Crippen molar-refractivity contribution < 1.29 is 9.53 Å². The van der Waals surface area contributed by atoms with Crippen LogP contribution in [0.1, 0.15) is 21.6 Å². The quantitative estimate of drug-likeness (QED) is 0.541. The molecule has 4 nitrogen and oxygen atoms in total. The summed E-state index contributed by atoms with van der Waals surface area (Å²) in [7, 11) is 1.37. The van der Waals surface area contributed by atoms with Crippen molar-refractivity contribution in [3.8, 4) is 0 Å². The van der Waals surface area contributed by atoms with Crippen molar-refractivity contribution in [2.45, 2.75) is 11.3 Å². The lowest BCUT2D eigenvalue weighted by atomic mass is 10.1. The van der Waals surface area contributed by atoms with Gasteiger partial charge in [-0.15, -0.1) is 11.8 Å². The van der Waals surface area contributed by atoms with Gasteiger partial charge in [0.15, 0.2) is 0 Å². The predicted octanol–water partition coefficient (Wildman–Crippen LogP) is 3.73. The topological polar surface area (TPSA) is 52.1 Å². The molecule has 0 aliphatic carbocycles. The number of methoxy groups -OCH3 is 1. The van der Waals surface area contributed by atoms with E-state index in [-0.39, 0.29) is 5.97 Å². The zero-order valence-corrected chi connectivity index (χ0v) is 13.8. The number of hydrogen-bond acceptors (Lipinski definition) is 5. The number of benzene rings is 1. The third-order valence-electron chi connectivity index (χ3n) is 3.57. The minimum absolute atomic E-state index is 0.352. The molecular formula is C18H16N2O2S. The Morgan fingerprint density at radius 1 is 1.17 bits per heavy atom. The molecule has 116 valence electrons. The van der Waals surface area contributed by atoms with Crippen molar-refractivity contribution in [3.05, 3.63) is 65.6 Å². The van der Waals surface area contributed by atoms with Crippen molar-refractivity contribution in [2.75, 3.05) is 13.4 Å². The van der Waals surface area contributed by atoms with Gasteiger partial charge in [0.1, 0.15) is 0 Å². The van der Waals surface area contributed by atoms with Gasteiger partial charge in [-0.2, -0.15) is 0 Å². The second-order valence-electron chi connectivity index (χ2n) is 5.11. The van der Waals surface area contributed by atoms with Crippen LogP contribution in [0.2, 0.25) is 0 Å². The van der Waals surface area contributed by atoms with Crippen molar-refractivity contribution in [2.24, 2.45) is 0 Å². The van der Waals surface area contributed by atoms with Crippen LogP contribution in [-0.2, 0) is 11.2 Å². The number of thioether (sulfide) groups is 1. The van der Waals surface area contributed by atoms with Crippen LogP contribution < -0.4 is 0 Å². The molecule has 0 aliphatic rings. The monoisotopic (exact) mass is 324 g/mol. The largest absolute Gasteiger partial charge is 0.465 e. The fraction of sp³-hybridized carbons (Fsp3) is 0.167. The summed E-state index contributed by atoms with van der Waals surface area (Å²) in [5, 5.41) is 1.11. The number of rotatable bonds is 4. The second-order valence-corrected chi connectivity index (χ2v) is 5.99. The molecule has 0 unspecified atom stereocenters. The summed E-state index contributed by atoms with van der Waals surface area (Å²) in [6.45, 7) is 0. The van der Waals surface area contributed by atoms with Crippen molar-refractivity contribution in [3.63, 3.8) is 0 Å². The zero-order chi connectivity index (χ0) is 16.2. The Labute approximate surface area is 138 Å². The Morgan fingerprint density at radius 3 is 2.83 bits per heavy atom. The van der Waals surface area contributed by atoms with E-state index in [9.17, 15) is 4.79 Å². The highest BCUT2D eigenvalue weighted by Crippen LogP contribution is 2.22. The average Bonchev–Trinajstić information content (AvgIpc) is 2.60. The molecule has 0 spiro atoms. The second kappa shape index (κ2) is 6.79. The van der Waals surface area contributed by atoms with Gasteiger partial charge in [-0.1, -0.05) is 0 Å². The molecule has 0 bridgehead atoms. The first-order valence-electron chi connectivity index (χ1n) is 7.15. The van der Waals surface area contributed by atoms with E-state index >= 15 is 0 Å². The van der Waals surface area contributed by atoms with E-state index in [0.717, 1.165) is 22.2 Å². The number of carbonyl (C=O) groups excluding carboxylic acids is 1. The highest BCUT2D eigenvalue weighted by atomic mass is 32.2. The summed E-state index contributed by atoms with van der Waals surface area (Å²) in [4.78, 5) is 21.6. The summed E-state index contributed by atoms with van der Waals surface area (Å²) in [5.74, 6) is -0.352. The van der Waals surface area contributed by atoms with Gasteiger partial charge in [0.2, 0.25) is 0 Å². The summed E-state index contributed by atoms with van der Waals surface area (Å²) in [6.07, 6.45) is 6.16. The molecule has 0 saturated carbocycles. The standard InChI is InChI=1S/C18H16N2O2S/c1-22-18(21)13-5-6-19-15(9-13)8-12-7-14-10-16(23-2)3-4-17(14)20-11-12/h3-7,9-11H,8H2,1-2H3. The predicted molar refractivity (Wildman–Crippen MR) is 91.9 cm³/mol. The zero-order valence-electron chi connectivity index (χ0n) is 12.9. The molecule has 0 atom stereocenters. The third-order valence-corrected chi connectivity index (χ3v) is 4.29. The molecule has 2 heterocycles. The summed E-state index contributed by atoms with van der Waals surface area (Å²) < 4.78 is 4.74. The van der Waals surface area contributed by atoms with E-state index < -0.39 is 0 Å². The lowest BCUT2D eigenvalue weighted by Crippen LogP contribution is -2.03. The Bertz CT molecular complexity index is 865. The Morgan fingerprint density at radius 2 is 2.04 bits per heavy atom. The van der Waals surface area contributed by atoms with Crippen LogP contribution in [0.4, 0.5) is 0 Å². The van der Waals surface area contributed by atoms with E-state index in [1.54, 1.807) is 30.1 Å². The number of pyridine rings is 2. The molecule has 1 aromatic carbocycles. The molecular weight excluding hydrogens is 308 g/mol. The maximum Gasteiger partial charge on any atom is 0.337 e. The van der Waals surface area contributed by atoms with E-state index in [1.165, 1.54) is 12.0 Å². The molecule has 0 aliphatic heterocycles. The molecule has 3 aromatic rings. The van der Waals surface area contributed by atoms with E-state index in [2.05, 4.69) is 34.4 Å². The molecule has 0 amide bonds. The van der Waals surface area contributed by atoms with Crippen LogP contribution in [-0.4, -0.2) is 29.3 Å². The molecule has 23 heavy (non-hydrogen) atoms. The maximum absolute atomic E-state index is 11.6. The van der Waals surface area contributed by atoms with Crippen molar-refractivity contribution in [1.29, 1.82) is 0 Å². The SMILES string of the molecule is COC(=O)c1ccnc(Cc2cnc3ccc(SC)cc3c2)c1. The number of nitrogens with zero attached hydrogens (tertiary/aromatic N) is 2. The molecule has 5 heteroatoms. The lowest BCUT2D eigenvalue weighted by Gasteiger charge is -2.06. The molecule has 0 radical (unpaired) electrons. The third kappa shape index (κ3) is 3.51. The first kappa shape index (κ1) is 15.5. The van der Waals surface area contributed by atoms with Crippen LogP contribution in [0.25, 0.3) is 10.9 Å². The lowest BCUT2D eigenvalue weighted by molar-refractivity contribution is 0.0600. The van der Waals surface area contributed by atoms with Gasteiger partial charge in [-0.05, 0) is 48.2 Å². The van der Waals surface area contributed by atoms with E-state index in [1.807, 2.05) is 12.3 Å². The van der Waals surface area contributed by atoms with Crippen LogP contribution >= 0.6 is 11.8 Å². The van der Waals surface area contributed by atoms with Crippen LogP contribution in [0, 0.1) is 0 Å². The fourth-order valence-corrected chi connectivity index (χ4v) is 2.86. The molecule has 0 saturated heterocycles. The summed E-state index contributed by atoms with van der Waals surface area (Å²) in [5.41, 5.74) is 3.36. The normalized spacial score (nSPS) is 10.7. The van der Waals surface area contributed by atoms with Gasteiger partial charge in [0.05, 0.1) is 18.2 Å². The smallest absolute Gasteiger partial charge is 0.337 e. The number of ether oxygens (including phenoxy) is 1.